The molecule has 2 rings (SSSR count). The maximum Gasteiger partial charge on any atom is 0.0596 e. The lowest BCUT2D eigenvalue weighted by molar-refractivity contribution is 0.273. The molecule has 0 bridgehead atoms. The Morgan fingerprint density at radius 1 is 1.40 bits per heavy atom. The lowest BCUT2D eigenvalue weighted by Crippen LogP contribution is -2.26. The Morgan fingerprint density at radius 3 is 2.53 bits per heavy atom. The number of hydrogen-bond donors (Lipinski definition) is 1. The molecule has 15 heavy (non-hydrogen) atoms. The van der Waals surface area contributed by atoms with Crippen molar-refractivity contribution in [1.29, 1.82) is 0 Å². The van der Waals surface area contributed by atoms with Crippen LogP contribution in [0.1, 0.15) is 37.1 Å². The Balaban J connectivity index is 2.16. The average molecular weight is 224 g/mol. The molecule has 1 aliphatic carbocycles. The summed E-state index contributed by atoms with van der Waals surface area (Å²) in [4.78, 5) is 0. The molecule has 0 spiro atoms. The number of nitrogens with zero attached hydrogens (tertiary/aromatic N) is 2. The molecule has 0 amide bonds. The molecule has 1 fully saturated rings. The van der Waals surface area contributed by atoms with Crippen LogP contribution in [0.25, 0.3) is 0 Å². The van der Waals surface area contributed by atoms with E-state index in [0.717, 1.165) is 18.0 Å². The summed E-state index contributed by atoms with van der Waals surface area (Å²) in [7, 11) is 0. The van der Waals surface area contributed by atoms with Crippen molar-refractivity contribution in [2.24, 2.45) is 5.41 Å². The van der Waals surface area contributed by atoms with Crippen molar-refractivity contribution in [3.63, 3.8) is 0 Å². The summed E-state index contributed by atoms with van der Waals surface area (Å²) in [6, 6.07) is 2.15. The van der Waals surface area contributed by atoms with Crippen LogP contribution in [0.2, 0.25) is 0 Å². The monoisotopic (exact) mass is 224 g/mol. The molecule has 0 N–H and O–H groups in total. The maximum absolute atomic E-state index is 4.55. The molecular weight excluding hydrogens is 204 g/mol. The number of aromatic nitrogens is 2. The minimum absolute atomic E-state index is 0.409. The highest BCUT2D eigenvalue weighted by Gasteiger charge is 2.33. The van der Waals surface area contributed by atoms with Crippen LogP contribution in [0.3, 0.4) is 0 Å². The first-order valence-corrected chi connectivity index (χ1v) is 6.40. The molecule has 0 atom stereocenters. The van der Waals surface area contributed by atoms with Gasteiger partial charge < -0.3 is 0 Å². The van der Waals surface area contributed by atoms with Gasteiger partial charge in [-0.25, -0.2) is 0 Å². The van der Waals surface area contributed by atoms with Gasteiger partial charge in [-0.15, -0.1) is 0 Å². The highest BCUT2D eigenvalue weighted by Crippen LogP contribution is 2.40. The summed E-state index contributed by atoms with van der Waals surface area (Å²) in [5, 5.41) is 4.55. The van der Waals surface area contributed by atoms with Gasteiger partial charge in [-0.05, 0) is 43.9 Å². The fourth-order valence-corrected chi connectivity index (χ4v) is 3.06. The van der Waals surface area contributed by atoms with E-state index in [1.165, 1.54) is 31.4 Å². The van der Waals surface area contributed by atoms with Gasteiger partial charge in [0.2, 0.25) is 0 Å². The lowest BCUT2D eigenvalue weighted by atomic mass is 9.88. The zero-order chi connectivity index (χ0) is 10.9. The van der Waals surface area contributed by atoms with Crippen molar-refractivity contribution in [1.82, 2.24) is 9.78 Å². The van der Waals surface area contributed by atoms with Gasteiger partial charge in [0.25, 0.3) is 0 Å². The molecule has 0 aromatic carbocycles. The molecule has 1 saturated carbocycles. The van der Waals surface area contributed by atoms with Crippen LogP contribution >= 0.6 is 12.6 Å². The molecule has 1 aliphatic rings. The van der Waals surface area contributed by atoms with Crippen molar-refractivity contribution in [2.45, 2.75) is 46.1 Å². The van der Waals surface area contributed by atoms with Crippen LogP contribution in [0.15, 0.2) is 6.07 Å². The van der Waals surface area contributed by atoms with Gasteiger partial charge in [0.15, 0.2) is 0 Å². The molecule has 0 radical (unpaired) electrons. The smallest absolute Gasteiger partial charge is 0.0596 e. The predicted molar refractivity (Wildman–Crippen MR) is 66.5 cm³/mol. The number of thiol groups is 1. The normalized spacial score (nSPS) is 19.7. The second kappa shape index (κ2) is 4.20. The Kier molecular flexibility index (Phi) is 3.10. The van der Waals surface area contributed by atoms with E-state index < -0.39 is 0 Å². The largest absolute Gasteiger partial charge is 0.269 e. The summed E-state index contributed by atoms with van der Waals surface area (Å²) in [5.74, 6) is 0.991. The molecule has 0 unspecified atom stereocenters. The van der Waals surface area contributed by atoms with E-state index in [9.17, 15) is 0 Å². The van der Waals surface area contributed by atoms with Crippen molar-refractivity contribution in [3.8, 4) is 0 Å². The van der Waals surface area contributed by atoms with Gasteiger partial charge in [0, 0.05) is 12.2 Å². The summed E-state index contributed by atoms with van der Waals surface area (Å²) in [6.07, 6.45) is 5.35. The molecule has 0 saturated heterocycles. The third-order valence-electron chi connectivity index (χ3n) is 3.59. The molecule has 3 heteroatoms. The molecule has 84 valence electrons. The highest BCUT2D eigenvalue weighted by atomic mass is 32.1. The molecule has 1 aromatic rings. The van der Waals surface area contributed by atoms with Crippen molar-refractivity contribution in [3.05, 3.63) is 17.5 Å². The molecule has 1 heterocycles. The highest BCUT2D eigenvalue weighted by molar-refractivity contribution is 7.80. The van der Waals surface area contributed by atoms with E-state index >= 15 is 0 Å². The number of hydrogen-bond acceptors (Lipinski definition) is 2. The lowest BCUT2D eigenvalue weighted by Gasteiger charge is -2.27. The maximum atomic E-state index is 4.55. The summed E-state index contributed by atoms with van der Waals surface area (Å²) in [6.45, 7) is 5.25. The van der Waals surface area contributed by atoms with E-state index in [2.05, 4.69) is 42.3 Å². The fourth-order valence-electron chi connectivity index (χ4n) is 2.64. The second-order valence-electron chi connectivity index (χ2n) is 4.95. The fraction of sp³-hybridized carbons (Fsp3) is 0.750. The zero-order valence-corrected chi connectivity index (χ0v) is 10.6. The van der Waals surface area contributed by atoms with E-state index in [0.29, 0.717) is 5.41 Å². The van der Waals surface area contributed by atoms with Gasteiger partial charge in [-0.2, -0.15) is 17.7 Å². The minimum atomic E-state index is 0.409. The Hall–Kier alpha value is -0.440. The van der Waals surface area contributed by atoms with Gasteiger partial charge in [-0.3, -0.25) is 4.68 Å². The van der Waals surface area contributed by atoms with Gasteiger partial charge in [0.05, 0.1) is 5.69 Å². The average Bonchev–Trinajstić information content (AvgIpc) is 2.76. The third kappa shape index (κ3) is 2.22. The van der Waals surface area contributed by atoms with Crippen molar-refractivity contribution in [2.75, 3.05) is 5.75 Å². The zero-order valence-electron chi connectivity index (χ0n) is 9.66. The van der Waals surface area contributed by atoms with E-state index in [1.54, 1.807) is 0 Å². The SMILES string of the molecule is Cc1cc(C)n(CC2(CS)CCCC2)n1. The first-order valence-electron chi connectivity index (χ1n) is 5.77. The second-order valence-corrected chi connectivity index (χ2v) is 5.27. The number of rotatable bonds is 3. The van der Waals surface area contributed by atoms with E-state index in [-0.39, 0.29) is 0 Å². The van der Waals surface area contributed by atoms with Crippen LogP contribution < -0.4 is 0 Å². The first-order chi connectivity index (χ1) is 7.15. The molecule has 0 aliphatic heterocycles. The van der Waals surface area contributed by atoms with Crippen LogP contribution in [-0.2, 0) is 6.54 Å². The van der Waals surface area contributed by atoms with Gasteiger partial charge in [-0.1, -0.05) is 12.8 Å². The van der Waals surface area contributed by atoms with Crippen LogP contribution in [0.4, 0.5) is 0 Å². The van der Waals surface area contributed by atoms with Crippen LogP contribution in [0.5, 0.6) is 0 Å². The first kappa shape index (κ1) is 11.1. The summed E-state index contributed by atoms with van der Waals surface area (Å²) >= 11 is 4.53. The Labute approximate surface area is 97.5 Å². The van der Waals surface area contributed by atoms with Gasteiger partial charge in [0.1, 0.15) is 0 Å². The van der Waals surface area contributed by atoms with E-state index in [1.807, 2.05) is 0 Å². The minimum Gasteiger partial charge on any atom is -0.269 e. The summed E-state index contributed by atoms with van der Waals surface area (Å²) in [5.41, 5.74) is 2.81. The van der Waals surface area contributed by atoms with Crippen molar-refractivity contribution < 1.29 is 0 Å². The standard InChI is InChI=1S/C12H20N2S/c1-10-7-11(2)14(13-10)8-12(9-15)5-3-4-6-12/h7,15H,3-6,8-9H2,1-2H3. The van der Waals surface area contributed by atoms with Gasteiger partial charge >= 0.3 is 0 Å². The van der Waals surface area contributed by atoms with Crippen LogP contribution in [-0.4, -0.2) is 15.5 Å². The Morgan fingerprint density at radius 2 is 2.07 bits per heavy atom. The molecule has 1 aromatic heterocycles. The topological polar surface area (TPSA) is 17.8 Å². The van der Waals surface area contributed by atoms with E-state index in [4.69, 9.17) is 0 Å². The summed E-state index contributed by atoms with van der Waals surface area (Å²) < 4.78 is 2.16. The number of aryl methyl sites for hydroxylation is 2. The Bertz CT molecular complexity index is 337. The predicted octanol–water partition coefficient (Wildman–Crippen LogP) is 2.99. The van der Waals surface area contributed by atoms with Crippen LogP contribution in [0, 0.1) is 19.3 Å². The third-order valence-corrected chi connectivity index (χ3v) is 4.26. The quantitative estimate of drug-likeness (QED) is 0.781. The van der Waals surface area contributed by atoms with Crippen molar-refractivity contribution >= 4 is 12.6 Å². The molecular formula is C12H20N2S. The molecule has 2 nitrogen and oxygen atoms in total.